The molecule has 1 aromatic heterocycles. The van der Waals surface area contributed by atoms with Crippen LogP contribution < -0.4 is 10.6 Å². The maximum atomic E-state index is 6.10. The van der Waals surface area contributed by atoms with Gasteiger partial charge in [0.15, 0.2) is 0 Å². The number of rotatable bonds is 5. The minimum absolute atomic E-state index is 0.515. The summed E-state index contributed by atoms with van der Waals surface area (Å²) in [6, 6.07) is 15.9. The molecule has 0 saturated heterocycles. The van der Waals surface area contributed by atoms with Crippen LogP contribution in [-0.2, 0) is 6.54 Å². The molecule has 2 N–H and O–H groups in total. The molecule has 146 valence electrons. The van der Waals surface area contributed by atoms with Gasteiger partial charge in [0.25, 0.3) is 0 Å². The molecule has 0 unspecified atom stereocenters. The quantitative estimate of drug-likeness (QED) is 0.556. The number of fused-ring (bicyclic) bond motifs is 1. The van der Waals surface area contributed by atoms with Crippen LogP contribution in [-0.4, -0.2) is 17.1 Å². The lowest BCUT2D eigenvalue weighted by Gasteiger charge is -2.30. The summed E-state index contributed by atoms with van der Waals surface area (Å²) in [6.45, 7) is 5.31. The zero-order chi connectivity index (χ0) is 19.5. The molecule has 0 bridgehead atoms. The van der Waals surface area contributed by atoms with Gasteiger partial charge < -0.3 is 10.6 Å². The molecule has 0 aliphatic heterocycles. The van der Waals surface area contributed by atoms with Gasteiger partial charge in [-0.1, -0.05) is 29.8 Å². The number of aryl methyl sites for hydroxylation is 2. The third-order valence-electron chi connectivity index (χ3n) is 5.96. The van der Waals surface area contributed by atoms with Crippen LogP contribution in [0, 0.1) is 13.8 Å². The number of halogens is 1. The van der Waals surface area contributed by atoms with Gasteiger partial charge in [0.1, 0.15) is 0 Å². The number of anilines is 1. The first kappa shape index (κ1) is 19.2. The second-order valence-corrected chi connectivity index (χ2v) is 8.45. The highest BCUT2D eigenvalue weighted by atomic mass is 35.5. The SMILES string of the molecule is Cc1ccc(CNC2CCC(Nc3ccnc4cc(Cl)ccc34)CC2)cc1C. The van der Waals surface area contributed by atoms with Gasteiger partial charge >= 0.3 is 0 Å². The lowest BCUT2D eigenvalue weighted by Crippen LogP contribution is -2.36. The van der Waals surface area contributed by atoms with E-state index in [4.69, 9.17) is 11.6 Å². The molecule has 28 heavy (non-hydrogen) atoms. The fourth-order valence-corrected chi connectivity index (χ4v) is 4.25. The molecule has 1 aliphatic rings. The van der Waals surface area contributed by atoms with E-state index in [2.05, 4.69) is 59.8 Å². The first-order valence-corrected chi connectivity index (χ1v) is 10.6. The van der Waals surface area contributed by atoms with Gasteiger partial charge in [-0.25, -0.2) is 0 Å². The smallest absolute Gasteiger partial charge is 0.0737 e. The molecule has 1 fully saturated rings. The molecule has 2 aromatic carbocycles. The van der Waals surface area contributed by atoms with E-state index in [0.717, 1.165) is 28.2 Å². The predicted molar refractivity (Wildman–Crippen MR) is 119 cm³/mol. The fraction of sp³-hybridized carbons (Fsp3) is 0.375. The summed E-state index contributed by atoms with van der Waals surface area (Å²) in [5, 5.41) is 9.36. The summed E-state index contributed by atoms with van der Waals surface area (Å²) >= 11 is 6.10. The number of benzene rings is 2. The second kappa shape index (κ2) is 8.50. The molecule has 4 heteroatoms. The van der Waals surface area contributed by atoms with Crippen molar-refractivity contribution < 1.29 is 0 Å². The molecule has 3 aromatic rings. The highest BCUT2D eigenvalue weighted by molar-refractivity contribution is 6.31. The van der Waals surface area contributed by atoms with Crippen molar-refractivity contribution in [3.63, 3.8) is 0 Å². The third kappa shape index (κ3) is 4.48. The zero-order valence-corrected chi connectivity index (χ0v) is 17.4. The van der Waals surface area contributed by atoms with Gasteiger partial charge in [-0.05, 0) is 80.5 Å². The topological polar surface area (TPSA) is 37.0 Å². The molecule has 3 nitrogen and oxygen atoms in total. The van der Waals surface area contributed by atoms with E-state index in [1.807, 2.05) is 18.3 Å². The van der Waals surface area contributed by atoms with Crippen LogP contribution in [0.3, 0.4) is 0 Å². The van der Waals surface area contributed by atoms with Crippen LogP contribution >= 0.6 is 11.6 Å². The van der Waals surface area contributed by atoms with E-state index >= 15 is 0 Å². The lowest BCUT2D eigenvalue weighted by atomic mass is 9.90. The van der Waals surface area contributed by atoms with Gasteiger partial charge in [0, 0.05) is 40.9 Å². The van der Waals surface area contributed by atoms with E-state index in [1.54, 1.807) is 0 Å². The summed E-state index contributed by atoms with van der Waals surface area (Å²) in [6.07, 6.45) is 6.64. The number of hydrogen-bond acceptors (Lipinski definition) is 3. The highest BCUT2D eigenvalue weighted by Crippen LogP contribution is 2.28. The van der Waals surface area contributed by atoms with Crippen molar-refractivity contribution in [2.45, 2.75) is 58.2 Å². The van der Waals surface area contributed by atoms with Crippen LogP contribution in [0.2, 0.25) is 5.02 Å². The van der Waals surface area contributed by atoms with E-state index < -0.39 is 0 Å². The minimum atomic E-state index is 0.515. The molecular weight excluding hydrogens is 366 g/mol. The first-order chi connectivity index (χ1) is 13.6. The van der Waals surface area contributed by atoms with Crippen molar-refractivity contribution in [3.8, 4) is 0 Å². The maximum absolute atomic E-state index is 6.10. The van der Waals surface area contributed by atoms with E-state index in [0.29, 0.717) is 12.1 Å². The number of hydrogen-bond donors (Lipinski definition) is 2. The Morgan fingerprint density at radius 2 is 1.71 bits per heavy atom. The lowest BCUT2D eigenvalue weighted by molar-refractivity contribution is 0.353. The highest BCUT2D eigenvalue weighted by Gasteiger charge is 2.21. The van der Waals surface area contributed by atoms with E-state index in [-0.39, 0.29) is 0 Å². The van der Waals surface area contributed by atoms with E-state index in [1.165, 1.54) is 42.4 Å². The summed E-state index contributed by atoms with van der Waals surface area (Å²) in [4.78, 5) is 4.44. The molecule has 4 rings (SSSR count). The normalized spacial score (nSPS) is 19.7. The Hall–Kier alpha value is -2.10. The second-order valence-electron chi connectivity index (χ2n) is 8.01. The molecule has 0 radical (unpaired) electrons. The molecule has 1 heterocycles. The van der Waals surface area contributed by atoms with Crippen molar-refractivity contribution >= 4 is 28.2 Å². The maximum Gasteiger partial charge on any atom is 0.0737 e. The van der Waals surface area contributed by atoms with Gasteiger partial charge in [-0.3, -0.25) is 4.98 Å². The van der Waals surface area contributed by atoms with Crippen LogP contribution in [0.4, 0.5) is 5.69 Å². The standard InChI is InChI=1S/C24H28ClN3/c1-16-3-4-18(13-17(16)2)15-27-20-6-8-21(9-7-20)28-23-11-12-26-24-14-19(25)5-10-22(23)24/h3-5,10-14,20-21,27H,6-9,15H2,1-2H3,(H,26,28). The molecule has 0 atom stereocenters. The van der Waals surface area contributed by atoms with Crippen LogP contribution in [0.15, 0.2) is 48.7 Å². The van der Waals surface area contributed by atoms with Crippen molar-refractivity contribution in [2.24, 2.45) is 0 Å². The van der Waals surface area contributed by atoms with Gasteiger partial charge in [-0.2, -0.15) is 0 Å². The number of aromatic nitrogens is 1. The average Bonchev–Trinajstić information content (AvgIpc) is 2.70. The Balaban J connectivity index is 1.31. The summed E-state index contributed by atoms with van der Waals surface area (Å²) in [5.41, 5.74) is 6.22. The van der Waals surface area contributed by atoms with Gasteiger partial charge in [0.2, 0.25) is 0 Å². The molecule has 0 spiro atoms. The monoisotopic (exact) mass is 393 g/mol. The Labute approximate surface area is 172 Å². The van der Waals surface area contributed by atoms with Crippen molar-refractivity contribution in [1.29, 1.82) is 0 Å². The largest absolute Gasteiger partial charge is 0.382 e. The number of nitrogens with one attached hydrogen (secondary N) is 2. The Kier molecular flexibility index (Phi) is 5.84. The first-order valence-electron chi connectivity index (χ1n) is 10.2. The van der Waals surface area contributed by atoms with Gasteiger partial charge in [-0.15, -0.1) is 0 Å². The average molecular weight is 394 g/mol. The van der Waals surface area contributed by atoms with E-state index in [9.17, 15) is 0 Å². The predicted octanol–water partition coefficient (Wildman–Crippen LogP) is 6.02. The summed E-state index contributed by atoms with van der Waals surface area (Å²) < 4.78 is 0. The molecule has 1 saturated carbocycles. The van der Waals surface area contributed by atoms with Crippen molar-refractivity contribution in [2.75, 3.05) is 5.32 Å². The van der Waals surface area contributed by atoms with Crippen LogP contribution in [0.25, 0.3) is 10.9 Å². The molecular formula is C24H28ClN3. The van der Waals surface area contributed by atoms with Crippen molar-refractivity contribution in [3.05, 3.63) is 70.4 Å². The number of nitrogens with zero attached hydrogens (tertiary/aromatic N) is 1. The minimum Gasteiger partial charge on any atom is -0.382 e. The fourth-order valence-electron chi connectivity index (χ4n) is 4.08. The van der Waals surface area contributed by atoms with Crippen LogP contribution in [0.5, 0.6) is 0 Å². The third-order valence-corrected chi connectivity index (χ3v) is 6.19. The molecule has 0 amide bonds. The Morgan fingerprint density at radius 1 is 0.929 bits per heavy atom. The summed E-state index contributed by atoms with van der Waals surface area (Å²) in [7, 11) is 0. The van der Waals surface area contributed by atoms with Crippen molar-refractivity contribution in [1.82, 2.24) is 10.3 Å². The van der Waals surface area contributed by atoms with Crippen LogP contribution in [0.1, 0.15) is 42.4 Å². The zero-order valence-electron chi connectivity index (χ0n) is 16.6. The molecule has 1 aliphatic carbocycles. The van der Waals surface area contributed by atoms with Gasteiger partial charge in [0.05, 0.1) is 5.52 Å². The summed E-state index contributed by atoms with van der Waals surface area (Å²) in [5.74, 6) is 0. The Morgan fingerprint density at radius 3 is 2.50 bits per heavy atom. The Bertz CT molecular complexity index is 961. The number of pyridine rings is 1.